The zero-order valence-corrected chi connectivity index (χ0v) is 18.1. The fourth-order valence-electron chi connectivity index (χ4n) is 3.98. The molecule has 1 unspecified atom stereocenters. The molecule has 9 heteroatoms. The smallest absolute Gasteiger partial charge is 0.255 e. The van der Waals surface area contributed by atoms with Crippen molar-refractivity contribution in [2.45, 2.75) is 26.7 Å². The topological polar surface area (TPSA) is 96.8 Å². The average Bonchev–Trinajstić information content (AvgIpc) is 3.44. The SMILES string of the molecule is CCN(CC)C(=O)C1CCCN(C(=O)c2cc(N)c3nc(-c4cccs4)nn3c2)C1. The summed E-state index contributed by atoms with van der Waals surface area (Å²) in [4.78, 5) is 35.0. The van der Waals surface area contributed by atoms with E-state index in [2.05, 4.69) is 10.1 Å². The third-order valence-electron chi connectivity index (χ3n) is 5.58. The third kappa shape index (κ3) is 3.77. The molecule has 4 rings (SSSR count). The van der Waals surface area contributed by atoms with E-state index in [1.807, 2.05) is 36.3 Å². The monoisotopic (exact) mass is 426 g/mol. The summed E-state index contributed by atoms with van der Waals surface area (Å²) in [6, 6.07) is 5.54. The lowest BCUT2D eigenvalue weighted by Crippen LogP contribution is -2.46. The summed E-state index contributed by atoms with van der Waals surface area (Å²) >= 11 is 1.55. The molecule has 30 heavy (non-hydrogen) atoms. The van der Waals surface area contributed by atoms with Crippen LogP contribution in [-0.4, -0.2) is 62.4 Å². The van der Waals surface area contributed by atoms with E-state index < -0.39 is 0 Å². The number of carbonyl (C=O) groups excluding carboxylic acids is 2. The predicted octanol–water partition coefficient (Wildman–Crippen LogP) is 2.76. The van der Waals surface area contributed by atoms with Crippen molar-refractivity contribution in [1.82, 2.24) is 24.4 Å². The van der Waals surface area contributed by atoms with Gasteiger partial charge in [0.1, 0.15) is 0 Å². The number of pyridine rings is 1. The second-order valence-corrected chi connectivity index (χ2v) is 8.41. The summed E-state index contributed by atoms with van der Waals surface area (Å²) in [7, 11) is 0. The van der Waals surface area contributed by atoms with E-state index in [-0.39, 0.29) is 17.7 Å². The first kappa shape index (κ1) is 20.3. The number of likely N-dealkylation sites (tertiary alicyclic amines) is 1. The molecule has 8 nitrogen and oxygen atoms in total. The van der Waals surface area contributed by atoms with Gasteiger partial charge < -0.3 is 15.5 Å². The number of hydrogen-bond donors (Lipinski definition) is 1. The third-order valence-corrected chi connectivity index (χ3v) is 6.45. The number of rotatable bonds is 5. The number of hydrogen-bond acceptors (Lipinski definition) is 6. The van der Waals surface area contributed by atoms with E-state index in [0.717, 1.165) is 17.7 Å². The number of nitrogen functional groups attached to an aromatic ring is 1. The van der Waals surface area contributed by atoms with Gasteiger partial charge in [-0.25, -0.2) is 9.50 Å². The minimum absolute atomic E-state index is 0.129. The largest absolute Gasteiger partial charge is 0.396 e. The number of piperidine rings is 1. The standard InChI is InChI=1S/C21H26N6O2S/c1-3-25(4-2)20(28)14-7-5-9-26(12-14)21(29)15-11-16(22)19-23-18(24-27(19)13-15)17-8-6-10-30-17/h6,8,10-11,13-14H,3-5,7,9,12,22H2,1-2H3. The molecule has 3 aromatic rings. The van der Waals surface area contributed by atoms with Crippen molar-refractivity contribution in [3.8, 4) is 10.7 Å². The molecule has 0 bridgehead atoms. The van der Waals surface area contributed by atoms with Gasteiger partial charge in [-0.3, -0.25) is 9.59 Å². The highest BCUT2D eigenvalue weighted by molar-refractivity contribution is 7.13. The van der Waals surface area contributed by atoms with Crippen LogP contribution in [0, 0.1) is 5.92 Å². The maximum Gasteiger partial charge on any atom is 0.255 e. The first-order chi connectivity index (χ1) is 14.5. The summed E-state index contributed by atoms with van der Waals surface area (Å²) < 4.78 is 1.57. The molecule has 4 heterocycles. The summed E-state index contributed by atoms with van der Waals surface area (Å²) in [6.07, 6.45) is 3.30. The Bertz CT molecular complexity index is 1060. The van der Waals surface area contributed by atoms with Gasteiger partial charge >= 0.3 is 0 Å². The Morgan fingerprint density at radius 2 is 2.13 bits per heavy atom. The second kappa shape index (κ2) is 8.43. The van der Waals surface area contributed by atoms with Gasteiger partial charge in [0.2, 0.25) is 5.91 Å². The van der Waals surface area contributed by atoms with E-state index in [1.165, 1.54) is 0 Å². The van der Waals surface area contributed by atoms with Gasteiger partial charge in [0, 0.05) is 32.4 Å². The van der Waals surface area contributed by atoms with Crippen LogP contribution >= 0.6 is 11.3 Å². The van der Waals surface area contributed by atoms with Crippen molar-refractivity contribution in [1.29, 1.82) is 0 Å². The molecule has 0 spiro atoms. The highest BCUT2D eigenvalue weighted by Crippen LogP contribution is 2.25. The molecule has 1 saturated heterocycles. The van der Waals surface area contributed by atoms with Gasteiger partial charge in [0.25, 0.3) is 5.91 Å². The molecule has 1 fully saturated rings. The van der Waals surface area contributed by atoms with Crippen molar-refractivity contribution >= 4 is 34.5 Å². The van der Waals surface area contributed by atoms with Gasteiger partial charge in [-0.15, -0.1) is 16.4 Å². The van der Waals surface area contributed by atoms with E-state index in [1.54, 1.807) is 33.0 Å². The van der Waals surface area contributed by atoms with E-state index in [9.17, 15) is 9.59 Å². The maximum atomic E-state index is 13.2. The zero-order chi connectivity index (χ0) is 21.3. The lowest BCUT2D eigenvalue weighted by atomic mass is 9.96. The molecule has 3 aromatic heterocycles. The van der Waals surface area contributed by atoms with Crippen LogP contribution in [0.25, 0.3) is 16.3 Å². The summed E-state index contributed by atoms with van der Waals surface area (Å²) in [5.74, 6) is 0.433. The van der Waals surface area contributed by atoms with Gasteiger partial charge in [0.05, 0.1) is 22.0 Å². The van der Waals surface area contributed by atoms with E-state index in [4.69, 9.17) is 5.73 Å². The highest BCUT2D eigenvalue weighted by atomic mass is 32.1. The van der Waals surface area contributed by atoms with Gasteiger partial charge in [-0.2, -0.15) is 0 Å². The fraction of sp³-hybridized carbons (Fsp3) is 0.429. The van der Waals surface area contributed by atoms with E-state index in [0.29, 0.717) is 48.9 Å². The molecule has 0 saturated carbocycles. The van der Waals surface area contributed by atoms with E-state index >= 15 is 0 Å². The lowest BCUT2D eigenvalue weighted by Gasteiger charge is -2.34. The Labute approximate surface area is 179 Å². The van der Waals surface area contributed by atoms with Crippen LogP contribution in [0.5, 0.6) is 0 Å². The van der Waals surface area contributed by atoms with Crippen LogP contribution in [0.15, 0.2) is 29.8 Å². The predicted molar refractivity (Wildman–Crippen MR) is 117 cm³/mol. The number of nitrogens with two attached hydrogens (primary N) is 1. The van der Waals surface area contributed by atoms with Crippen LogP contribution in [0.3, 0.4) is 0 Å². The lowest BCUT2D eigenvalue weighted by molar-refractivity contribution is -0.136. The number of aromatic nitrogens is 3. The average molecular weight is 427 g/mol. The van der Waals surface area contributed by atoms with Crippen molar-refractivity contribution in [3.05, 3.63) is 35.3 Å². The normalized spacial score (nSPS) is 16.7. The molecule has 1 aliphatic heterocycles. The maximum absolute atomic E-state index is 13.2. The molecule has 0 aromatic carbocycles. The molecular formula is C21H26N6O2S. The minimum atomic E-state index is -0.152. The van der Waals surface area contributed by atoms with Gasteiger partial charge in [0.15, 0.2) is 11.5 Å². The number of fused-ring (bicyclic) bond motifs is 1. The molecule has 2 amide bonds. The van der Waals surface area contributed by atoms with Crippen LogP contribution < -0.4 is 5.73 Å². The van der Waals surface area contributed by atoms with Crippen LogP contribution in [0.2, 0.25) is 0 Å². The van der Waals surface area contributed by atoms with Crippen molar-refractivity contribution < 1.29 is 9.59 Å². The van der Waals surface area contributed by atoms with Crippen molar-refractivity contribution in [3.63, 3.8) is 0 Å². The second-order valence-electron chi connectivity index (χ2n) is 7.47. The molecule has 158 valence electrons. The number of amides is 2. The Hall–Kier alpha value is -2.94. The highest BCUT2D eigenvalue weighted by Gasteiger charge is 2.31. The first-order valence-electron chi connectivity index (χ1n) is 10.3. The molecule has 2 N–H and O–H groups in total. The Balaban J connectivity index is 1.57. The Kier molecular flexibility index (Phi) is 5.72. The number of thiophene rings is 1. The minimum Gasteiger partial charge on any atom is -0.396 e. The summed E-state index contributed by atoms with van der Waals surface area (Å²) in [5, 5.41) is 6.46. The summed E-state index contributed by atoms with van der Waals surface area (Å²) in [6.45, 7) is 6.40. The van der Waals surface area contributed by atoms with Crippen LogP contribution in [0.1, 0.15) is 37.0 Å². The Morgan fingerprint density at radius 1 is 1.33 bits per heavy atom. The van der Waals surface area contributed by atoms with Crippen molar-refractivity contribution in [2.24, 2.45) is 5.92 Å². The molecule has 1 atom stereocenters. The number of carbonyl (C=O) groups is 2. The number of nitrogens with zero attached hydrogens (tertiary/aromatic N) is 5. The molecular weight excluding hydrogens is 400 g/mol. The molecule has 1 aliphatic rings. The molecule has 0 aliphatic carbocycles. The number of anilines is 1. The van der Waals surface area contributed by atoms with Gasteiger partial charge in [-0.05, 0) is 44.2 Å². The van der Waals surface area contributed by atoms with Crippen LogP contribution in [-0.2, 0) is 4.79 Å². The Morgan fingerprint density at radius 3 is 2.83 bits per heavy atom. The quantitative estimate of drug-likeness (QED) is 0.677. The summed E-state index contributed by atoms with van der Waals surface area (Å²) in [5.41, 5.74) is 7.59. The van der Waals surface area contributed by atoms with Crippen molar-refractivity contribution in [2.75, 3.05) is 31.9 Å². The zero-order valence-electron chi connectivity index (χ0n) is 17.2. The fourth-order valence-corrected chi connectivity index (χ4v) is 4.63. The first-order valence-corrected chi connectivity index (χ1v) is 11.2. The van der Waals surface area contributed by atoms with Crippen LogP contribution in [0.4, 0.5) is 5.69 Å². The molecule has 0 radical (unpaired) electrons. The van der Waals surface area contributed by atoms with Gasteiger partial charge in [-0.1, -0.05) is 6.07 Å².